The van der Waals surface area contributed by atoms with E-state index in [1.807, 2.05) is 0 Å². The van der Waals surface area contributed by atoms with Gasteiger partial charge in [0.05, 0.1) is 31.3 Å². The fourth-order valence-electron chi connectivity index (χ4n) is 8.54. The number of methoxy groups -OCH3 is 3. The molecule has 0 aliphatic heterocycles. The van der Waals surface area contributed by atoms with Crippen molar-refractivity contribution in [2.45, 2.75) is 63.6 Å². The first-order valence-corrected chi connectivity index (χ1v) is 13.9. The highest BCUT2D eigenvalue weighted by Crippen LogP contribution is 2.66. The average molecular weight is 578 g/mol. The second-order valence-electron chi connectivity index (χ2n) is 12.5. The lowest BCUT2D eigenvalue weighted by Gasteiger charge is -2.49. The van der Waals surface area contributed by atoms with Crippen molar-refractivity contribution in [1.82, 2.24) is 0 Å². The first-order chi connectivity index (χ1) is 19.7. The number of fused-ring (bicyclic) bond motifs is 4. The Labute approximate surface area is 242 Å². The zero-order valence-electron chi connectivity index (χ0n) is 24.5. The van der Waals surface area contributed by atoms with Gasteiger partial charge in [0.15, 0.2) is 11.4 Å². The van der Waals surface area contributed by atoms with E-state index in [0.717, 1.165) is 24.0 Å². The number of rotatable bonds is 4. The Morgan fingerprint density at radius 3 is 2.36 bits per heavy atom. The summed E-state index contributed by atoms with van der Waals surface area (Å²) in [5, 5.41) is 35.4. The topological polar surface area (TPSA) is 166 Å². The Bertz CT molecular complexity index is 1700. The molecule has 6 rings (SSSR count). The molecule has 0 unspecified atom stereocenters. The van der Waals surface area contributed by atoms with Gasteiger partial charge in [0.25, 0.3) is 5.91 Å². The maximum absolute atomic E-state index is 14.5. The Kier molecular flexibility index (Phi) is 5.92. The molecule has 1 spiro atoms. The number of phenols is 1. The molecule has 0 aromatic heterocycles. The standard InChI is InChI=1S/C32H35NO9/c1-13-8-7-9-30(2,3)31(13)12-14-19-21(17(35)11-18(40-4)24(19)31)26(42-6)23-20(14)25(41-5)15-10-16(34)22(29(33)38)27(36)32(15,39)28(23)37/h8,11,15,25,35-36,39H,7,9-10,12H2,1-6H3,(H2,33,38)/t15-,25+,31-,32-/m0/s1. The third-order valence-electron chi connectivity index (χ3n) is 10.5. The number of aliphatic hydroxyl groups is 2. The van der Waals surface area contributed by atoms with Crippen molar-refractivity contribution in [3.63, 3.8) is 0 Å². The second kappa shape index (κ2) is 8.81. The van der Waals surface area contributed by atoms with Gasteiger partial charge in [-0.1, -0.05) is 25.5 Å². The summed E-state index contributed by atoms with van der Waals surface area (Å²) < 4.78 is 17.7. The van der Waals surface area contributed by atoms with Crippen molar-refractivity contribution in [1.29, 1.82) is 0 Å². The van der Waals surface area contributed by atoms with Crippen LogP contribution in [0.4, 0.5) is 0 Å². The van der Waals surface area contributed by atoms with Crippen LogP contribution in [-0.2, 0) is 26.2 Å². The lowest BCUT2D eigenvalue weighted by atomic mass is 9.54. The number of aromatic hydroxyl groups is 1. The Balaban J connectivity index is 1.81. The normalized spacial score (nSPS) is 29.5. The van der Waals surface area contributed by atoms with Crippen LogP contribution in [0.15, 0.2) is 29.0 Å². The number of phenolic OH excluding ortho intramolecular Hbond substituents is 1. The van der Waals surface area contributed by atoms with E-state index in [0.29, 0.717) is 28.7 Å². The van der Waals surface area contributed by atoms with Crippen LogP contribution in [-0.4, -0.2) is 59.7 Å². The van der Waals surface area contributed by atoms with Gasteiger partial charge in [-0.3, -0.25) is 14.4 Å². The lowest BCUT2D eigenvalue weighted by Crippen LogP contribution is -2.58. The number of allylic oxidation sites excluding steroid dienone is 2. The predicted molar refractivity (Wildman–Crippen MR) is 152 cm³/mol. The highest BCUT2D eigenvalue weighted by Gasteiger charge is 2.64. The van der Waals surface area contributed by atoms with Crippen LogP contribution in [0.1, 0.15) is 73.2 Å². The first kappa shape index (κ1) is 28.2. The maximum Gasteiger partial charge on any atom is 0.255 e. The van der Waals surface area contributed by atoms with Crippen LogP contribution in [0.25, 0.3) is 10.8 Å². The molecule has 0 bridgehead atoms. The van der Waals surface area contributed by atoms with Gasteiger partial charge in [-0.25, -0.2) is 0 Å². The number of ketones is 2. The van der Waals surface area contributed by atoms with E-state index >= 15 is 0 Å². The Hall–Kier alpha value is -3.89. The summed E-state index contributed by atoms with van der Waals surface area (Å²) in [7, 11) is 4.29. The summed E-state index contributed by atoms with van der Waals surface area (Å²) >= 11 is 0. The molecular formula is C32H35NO9. The van der Waals surface area contributed by atoms with Crippen molar-refractivity contribution in [3.8, 4) is 17.2 Å². The summed E-state index contributed by atoms with van der Waals surface area (Å²) in [5.41, 5.74) is 4.05. The minimum absolute atomic E-state index is 0.0123. The number of hydrogen-bond acceptors (Lipinski definition) is 9. The van der Waals surface area contributed by atoms with Crippen molar-refractivity contribution < 1.29 is 43.9 Å². The van der Waals surface area contributed by atoms with Gasteiger partial charge < -0.3 is 35.3 Å². The van der Waals surface area contributed by atoms with Gasteiger partial charge in [-0.05, 0) is 42.7 Å². The zero-order valence-corrected chi connectivity index (χ0v) is 24.5. The molecule has 4 atom stereocenters. The van der Waals surface area contributed by atoms with Crippen molar-refractivity contribution in [2.75, 3.05) is 21.3 Å². The average Bonchev–Trinajstić information content (AvgIpc) is 3.29. The zero-order chi connectivity index (χ0) is 30.7. The number of amides is 1. The van der Waals surface area contributed by atoms with E-state index in [1.165, 1.54) is 20.3 Å². The fraction of sp³-hybridized carbons (Fsp3) is 0.469. The molecule has 0 radical (unpaired) electrons. The number of ether oxygens (including phenoxy) is 3. The molecule has 10 nitrogen and oxygen atoms in total. The highest BCUT2D eigenvalue weighted by molar-refractivity contribution is 6.23. The van der Waals surface area contributed by atoms with Crippen molar-refractivity contribution in [2.24, 2.45) is 17.1 Å². The molecule has 42 heavy (non-hydrogen) atoms. The van der Waals surface area contributed by atoms with Crippen molar-refractivity contribution >= 4 is 28.2 Å². The SMILES string of the molecule is COc1cc(O)c2c(OC)c3c(c4c2c1[C@]1(C4)C(C)=CCCC1(C)C)[C@H](OC)[C@@H]1CC(=O)C(C(N)=O)=C(O)[C@]1(O)C3=O. The van der Waals surface area contributed by atoms with Gasteiger partial charge in [0.1, 0.15) is 28.6 Å². The summed E-state index contributed by atoms with van der Waals surface area (Å²) in [5.74, 6) is -5.08. The van der Waals surface area contributed by atoms with Crippen LogP contribution in [0.2, 0.25) is 0 Å². The number of primary amides is 1. The van der Waals surface area contributed by atoms with Crippen LogP contribution in [0, 0.1) is 11.3 Å². The Morgan fingerprint density at radius 1 is 1.10 bits per heavy atom. The molecule has 2 aromatic rings. The number of Topliss-reactive ketones (excluding diaryl/α,β-unsaturated/α-hetero) is 2. The molecule has 4 aliphatic carbocycles. The molecule has 222 valence electrons. The van der Waals surface area contributed by atoms with Crippen LogP contribution < -0.4 is 15.2 Å². The second-order valence-corrected chi connectivity index (χ2v) is 12.5. The minimum atomic E-state index is -2.69. The van der Waals surface area contributed by atoms with E-state index in [1.54, 1.807) is 7.11 Å². The van der Waals surface area contributed by atoms with Crippen LogP contribution in [0.5, 0.6) is 17.2 Å². The molecule has 0 fully saturated rings. The summed E-state index contributed by atoms with van der Waals surface area (Å²) in [6, 6.07) is 1.52. The van der Waals surface area contributed by atoms with Gasteiger partial charge >= 0.3 is 0 Å². The summed E-state index contributed by atoms with van der Waals surface area (Å²) in [6.07, 6.45) is 2.89. The fourth-order valence-corrected chi connectivity index (χ4v) is 8.54. The molecule has 0 saturated carbocycles. The van der Waals surface area contributed by atoms with E-state index in [2.05, 4.69) is 26.8 Å². The maximum atomic E-state index is 14.5. The van der Waals surface area contributed by atoms with E-state index in [9.17, 15) is 29.7 Å². The summed E-state index contributed by atoms with van der Waals surface area (Å²) in [6.45, 7) is 6.48. The first-order valence-electron chi connectivity index (χ1n) is 13.9. The van der Waals surface area contributed by atoms with E-state index in [-0.39, 0.29) is 27.9 Å². The number of carbonyl (C=O) groups excluding carboxylic acids is 3. The Morgan fingerprint density at radius 2 is 1.79 bits per heavy atom. The lowest BCUT2D eigenvalue weighted by molar-refractivity contribution is -0.131. The molecular weight excluding hydrogens is 542 g/mol. The van der Waals surface area contributed by atoms with Gasteiger partial charge in [0.2, 0.25) is 5.78 Å². The molecule has 0 saturated heterocycles. The molecule has 1 amide bonds. The number of carbonyl (C=O) groups is 3. The smallest absolute Gasteiger partial charge is 0.255 e. The molecule has 10 heteroatoms. The monoisotopic (exact) mass is 577 g/mol. The number of hydrogen-bond donors (Lipinski definition) is 4. The third kappa shape index (κ3) is 3.03. The van der Waals surface area contributed by atoms with E-state index < -0.39 is 58.3 Å². The van der Waals surface area contributed by atoms with E-state index in [4.69, 9.17) is 19.9 Å². The molecule has 4 aliphatic rings. The number of benzene rings is 2. The number of aliphatic hydroxyl groups excluding tert-OH is 1. The number of nitrogens with two attached hydrogens (primary N) is 1. The predicted octanol–water partition coefficient (Wildman–Crippen LogP) is 3.62. The van der Waals surface area contributed by atoms with Gasteiger partial charge in [-0.2, -0.15) is 0 Å². The van der Waals surface area contributed by atoms with Crippen molar-refractivity contribution in [3.05, 3.63) is 51.3 Å². The molecule has 2 aromatic carbocycles. The molecule has 5 N–H and O–H groups in total. The minimum Gasteiger partial charge on any atom is -0.508 e. The van der Waals surface area contributed by atoms with Crippen LogP contribution in [0.3, 0.4) is 0 Å². The van der Waals surface area contributed by atoms with Crippen LogP contribution >= 0.6 is 0 Å². The van der Waals surface area contributed by atoms with Gasteiger partial charge in [-0.15, -0.1) is 0 Å². The molecule has 0 heterocycles. The highest BCUT2D eigenvalue weighted by atomic mass is 16.5. The third-order valence-corrected chi connectivity index (χ3v) is 10.5. The quantitative estimate of drug-likeness (QED) is 0.314. The van der Waals surface area contributed by atoms with Gasteiger partial charge in [0, 0.05) is 41.9 Å². The largest absolute Gasteiger partial charge is 0.508 e. The summed E-state index contributed by atoms with van der Waals surface area (Å²) in [4.78, 5) is 39.6.